The number of halogens is 3. The molecule has 4 nitrogen and oxygen atoms in total. The fourth-order valence-electron chi connectivity index (χ4n) is 2.02. The molecule has 0 unspecified atom stereocenters. The molecule has 1 rings (SSSR count). The van der Waals surface area contributed by atoms with Gasteiger partial charge in [-0.3, -0.25) is 4.99 Å². The molecule has 0 saturated carbocycles. The van der Waals surface area contributed by atoms with E-state index in [0.29, 0.717) is 11.5 Å². The van der Waals surface area contributed by atoms with Crippen molar-refractivity contribution in [3.8, 4) is 0 Å². The minimum atomic E-state index is -4.32. The summed E-state index contributed by atoms with van der Waals surface area (Å²) in [6.45, 7) is 1.79. The molecule has 0 fully saturated rings. The normalized spacial score (nSPS) is 12.3. The van der Waals surface area contributed by atoms with E-state index in [2.05, 4.69) is 15.6 Å². The van der Waals surface area contributed by atoms with Crippen LogP contribution in [0.1, 0.15) is 30.4 Å². The molecule has 0 spiro atoms. The number of methoxy groups -OCH3 is 1. The first-order chi connectivity index (χ1) is 11.0. The lowest BCUT2D eigenvalue weighted by Crippen LogP contribution is -2.37. The van der Waals surface area contributed by atoms with Crippen molar-refractivity contribution in [1.82, 2.24) is 10.6 Å². The van der Waals surface area contributed by atoms with E-state index in [0.717, 1.165) is 44.5 Å². The molecule has 1 aromatic rings. The molecule has 0 radical (unpaired) electrons. The van der Waals surface area contributed by atoms with Gasteiger partial charge in [0.15, 0.2) is 5.96 Å². The van der Waals surface area contributed by atoms with E-state index < -0.39 is 11.7 Å². The van der Waals surface area contributed by atoms with Crippen molar-refractivity contribution in [3.63, 3.8) is 0 Å². The molecule has 23 heavy (non-hydrogen) atoms. The van der Waals surface area contributed by atoms with Gasteiger partial charge >= 0.3 is 6.18 Å². The van der Waals surface area contributed by atoms with E-state index in [1.165, 1.54) is 6.07 Å². The van der Waals surface area contributed by atoms with Gasteiger partial charge in [0, 0.05) is 33.9 Å². The molecule has 0 atom stereocenters. The molecular formula is C16H24F3N3O. The molecular weight excluding hydrogens is 307 g/mol. The topological polar surface area (TPSA) is 45.7 Å². The van der Waals surface area contributed by atoms with Crippen LogP contribution in [-0.4, -0.2) is 33.3 Å². The summed E-state index contributed by atoms with van der Waals surface area (Å²) in [4.78, 5) is 4.06. The summed E-state index contributed by atoms with van der Waals surface area (Å²) >= 11 is 0. The Morgan fingerprint density at radius 3 is 2.61 bits per heavy atom. The predicted octanol–water partition coefficient (Wildman–Crippen LogP) is 3.19. The van der Waals surface area contributed by atoms with Crippen LogP contribution in [0.25, 0.3) is 0 Å². The molecule has 1 aromatic carbocycles. The number of rotatable bonds is 8. The number of nitrogens with one attached hydrogen (secondary N) is 2. The van der Waals surface area contributed by atoms with Gasteiger partial charge in [-0.25, -0.2) is 0 Å². The number of ether oxygens (including phenoxy) is 1. The second kappa shape index (κ2) is 10.1. The van der Waals surface area contributed by atoms with Gasteiger partial charge < -0.3 is 15.4 Å². The number of benzene rings is 1. The molecule has 7 heteroatoms. The maximum Gasteiger partial charge on any atom is 0.416 e. The van der Waals surface area contributed by atoms with Crippen molar-refractivity contribution >= 4 is 5.96 Å². The van der Waals surface area contributed by atoms with Crippen LogP contribution in [0.3, 0.4) is 0 Å². The van der Waals surface area contributed by atoms with E-state index in [4.69, 9.17) is 4.74 Å². The molecule has 0 amide bonds. The monoisotopic (exact) mass is 331 g/mol. The first kappa shape index (κ1) is 19.3. The molecule has 0 aromatic heterocycles. The zero-order chi connectivity index (χ0) is 17.1. The van der Waals surface area contributed by atoms with Gasteiger partial charge in [-0.2, -0.15) is 13.2 Å². The first-order valence-electron chi connectivity index (χ1n) is 7.57. The standard InChI is InChI=1S/C16H24F3N3O/c1-20-15(21-9-4-3-5-10-23-2)22-12-13-7-6-8-14(11-13)16(17,18)19/h6-8,11H,3-5,9-10,12H2,1-2H3,(H2,20,21,22). The highest BCUT2D eigenvalue weighted by molar-refractivity contribution is 5.79. The van der Waals surface area contributed by atoms with E-state index in [1.807, 2.05) is 0 Å². The van der Waals surface area contributed by atoms with Gasteiger partial charge in [-0.1, -0.05) is 12.1 Å². The summed E-state index contributed by atoms with van der Waals surface area (Å²) in [5.41, 5.74) is -0.0826. The van der Waals surface area contributed by atoms with E-state index in [-0.39, 0.29) is 6.54 Å². The Morgan fingerprint density at radius 1 is 1.17 bits per heavy atom. The van der Waals surface area contributed by atoms with Crippen molar-refractivity contribution in [2.75, 3.05) is 27.3 Å². The van der Waals surface area contributed by atoms with Crippen LogP contribution in [0.2, 0.25) is 0 Å². The average Bonchev–Trinajstić information content (AvgIpc) is 2.53. The highest BCUT2D eigenvalue weighted by Gasteiger charge is 2.30. The minimum absolute atomic E-state index is 0.285. The van der Waals surface area contributed by atoms with Crippen molar-refractivity contribution in [2.45, 2.75) is 32.0 Å². The van der Waals surface area contributed by atoms with Crippen molar-refractivity contribution in [2.24, 2.45) is 4.99 Å². The van der Waals surface area contributed by atoms with E-state index in [9.17, 15) is 13.2 Å². The largest absolute Gasteiger partial charge is 0.416 e. The third-order valence-electron chi connectivity index (χ3n) is 3.26. The molecule has 0 aliphatic rings. The van der Waals surface area contributed by atoms with Gasteiger partial charge in [0.05, 0.1) is 5.56 Å². The SMILES string of the molecule is CN=C(NCCCCCOC)NCc1cccc(C(F)(F)F)c1. The van der Waals surface area contributed by atoms with E-state index in [1.54, 1.807) is 20.2 Å². The predicted molar refractivity (Wildman–Crippen MR) is 85.4 cm³/mol. The number of hydrogen-bond acceptors (Lipinski definition) is 2. The van der Waals surface area contributed by atoms with Crippen LogP contribution in [0.4, 0.5) is 13.2 Å². The lowest BCUT2D eigenvalue weighted by molar-refractivity contribution is -0.137. The molecule has 130 valence electrons. The third-order valence-corrected chi connectivity index (χ3v) is 3.26. The highest BCUT2D eigenvalue weighted by atomic mass is 19.4. The van der Waals surface area contributed by atoms with Gasteiger partial charge in [-0.15, -0.1) is 0 Å². The van der Waals surface area contributed by atoms with Crippen LogP contribution in [0.5, 0.6) is 0 Å². The quantitative estimate of drug-likeness (QED) is 0.437. The zero-order valence-electron chi connectivity index (χ0n) is 13.5. The summed E-state index contributed by atoms with van der Waals surface area (Å²) in [6, 6.07) is 5.27. The number of alkyl halides is 3. The van der Waals surface area contributed by atoms with Gasteiger partial charge in [-0.05, 0) is 37.0 Å². The summed E-state index contributed by atoms with van der Waals surface area (Å²) < 4.78 is 43.0. The summed E-state index contributed by atoms with van der Waals surface area (Å²) in [5.74, 6) is 0.578. The van der Waals surface area contributed by atoms with Gasteiger partial charge in [0.25, 0.3) is 0 Å². The maximum absolute atomic E-state index is 12.7. The fraction of sp³-hybridized carbons (Fsp3) is 0.562. The summed E-state index contributed by atoms with van der Waals surface area (Å²) in [6.07, 6.45) is -1.29. The smallest absolute Gasteiger partial charge is 0.385 e. The zero-order valence-corrected chi connectivity index (χ0v) is 13.5. The lowest BCUT2D eigenvalue weighted by Gasteiger charge is -2.13. The molecule has 2 N–H and O–H groups in total. The van der Waals surface area contributed by atoms with Gasteiger partial charge in [0.1, 0.15) is 0 Å². The van der Waals surface area contributed by atoms with Crippen LogP contribution >= 0.6 is 0 Å². The van der Waals surface area contributed by atoms with Crippen molar-refractivity contribution in [1.29, 1.82) is 0 Å². The molecule has 0 heterocycles. The molecule has 0 aliphatic heterocycles. The van der Waals surface area contributed by atoms with Crippen LogP contribution in [0.15, 0.2) is 29.3 Å². The molecule has 0 saturated heterocycles. The second-order valence-corrected chi connectivity index (χ2v) is 5.10. The maximum atomic E-state index is 12.7. The van der Waals surface area contributed by atoms with Crippen LogP contribution in [-0.2, 0) is 17.5 Å². The number of hydrogen-bond donors (Lipinski definition) is 2. The Kier molecular flexibility index (Phi) is 8.47. The lowest BCUT2D eigenvalue weighted by atomic mass is 10.1. The van der Waals surface area contributed by atoms with Crippen molar-refractivity contribution < 1.29 is 17.9 Å². The van der Waals surface area contributed by atoms with Crippen LogP contribution < -0.4 is 10.6 Å². The number of aliphatic imine (C=N–C) groups is 1. The number of guanidine groups is 1. The Balaban J connectivity index is 2.37. The number of unbranched alkanes of at least 4 members (excludes halogenated alkanes) is 2. The molecule has 0 bridgehead atoms. The Morgan fingerprint density at radius 2 is 1.96 bits per heavy atom. The molecule has 0 aliphatic carbocycles. The third kappa shape index (κ3) is 7.88. The fourth-order valence-corrected chi connectivity index (χ4v) is 2.02. The van der Waals surface area contributed by atoms with Gasteiger partial charge in [0.2, 0.25) is 0 Å². The Bertz CT molecular complexity index is 490. The van der Waals surface area contributed by atoms with Crippen molar-refractivity contribution in [3.05, 3.63) is 35.4 Å². The minimum Gasteiger partial charge on any atom is -0.385 e. The Hall–Kier alpha value is -1.76. The Labute approximate surface area is 135 Å². The van der Waals surface area contributed by atoms with E-state index >= 15 is 0 Å². The summed E-state index contributed by atoms with van der Waals surface area (Å²) in [5, 5.41) is 6.15. The number of nitrogens with zero attached hydrogens (tertiary/aromatic N) is 1. The first-order valence-corrected chi connectivity index (χ1v) is 7.57. The second-order valence-electron chi connectivity index (χ2n) is 5.10. The van der Waals surface area contributed by atoms with Crippen LogP contribution in [0, 0.1) is 0 Å². The average molecular weight is 331 g/mol. The highest BCUT2D eigenvalue weighted by Crippen LogP contribution is 2.29. The summed E-state index contributed by atoms with van der Waals surface area (Å²) in [7, 11) is 3.31.